The molecule has 0 bridgehead atoms. The Balaban J connectivity index is 1.79. The van der Waals surface area contributed by atoms with Crippen LogP contribution in [0, 0.1) is 13.8 Å². The van der Waals surface area contributed by atoms with Gasteiger partial charge in [-0.05, 0) is 31.5 Å². The van der Waals surface area contributed by atoms with Gasteiger partial charge >= 0.3 is 0 Å². The van der Waals surface area contributed by atoms with Crippen LogP contribution in [0.2, 0.25) is 0 Å². The SMILES string of the molecule is Cc1nn(C)c(C)c1C(=O)N(C)Cc1ccc2c(c1)OCO2. The zero-order valence-corrected chi connectivity index (χ0v) is 13.2. The van der Waals surface area contributed by atoms with Crippen molar-refractivity contribution in [3.8, 4) is 11.5 Å². The summed E-state index contributed by atoms with van der Waals surface area (Å²) in [6.07, 6.45) is 0. The molecule has 1 aliphatic rings. The van der Waals surface area contributed by atoms with Crippen LogP contribution in [0.5, 0.6) is 11.5 Å². The fraction of sp³-hybridized carbons (Fsp3) is 0.375. The summed E-state index contributed by atoms with van der Waals surface area (Å²) in [5, 5.41) is 4.30. The molecule has 22 heavy (non-hydrogen) atoms. The maximum absolute atomic E-state index is 12.7. The molecule has 2 heterocycles. The highest BCUT2D eigenvalue weighted by Gasteiger charge is 2.21. The molecule has 1 aromatic heterocycles. The first kappa shape index (κ1) is 14.4. The van der Waals surface area contributed by atoms with Crippen LogP contribution < -0.4 is 9.47 Å². The van der Waals surface area contributed by atoms with Crippen molar-refractivity contribution in [2.75, 3.05) is 13.8 Å². The van der Waals surface area contributed by atoms with Crippen LogP contribution in [0.3, 0.4) is 0 Å². The van der Waals surface area contributed by atoms with Gasteiger partial charge in [-0.15, -0.1) is 0 Å². The van der Waals surface area contributed by atoms with Gasteiger partial charge in [0.1, 0.15) is 0 Å². The second-order valence-corrected chi connectivity index (χ2v) is 5.52. The smallest absolute Gasteiger partial charge is 0.257 e. The molecule has 6 nitrogen and oxygen atoms in total. The highest BCUT2D eigenvalue weighted by atomic mass is 16.7. The second-order valence-electron chi connectivity index (χ2n) is 5.52. The summed E-state index contributed by atoms with van der Waals surface area (Å²) in [6.45, 7) is 4.52. The standard InChI is InChI=1S/C16H19N3O3/c1-10-15(11(2)19(4)17-10)16(20)18(3)8-12-5-6-13-14(7-12)22-9-21-13/h5-7H,8-9H2,1-4H3. The van der Waals surface area contributed by atoms with Gasteiger partial charge in [-0.1, -0.05) is 6.07 Å². The average Bonchev–Trinajstić information content (AvgIpc) is 3.03. The molecule has 116 valence electrons. The molecule has 2 aromatic rings. The van der Waals surface area contributed by atoms with E-state index in [0.29, 0.717) is 12.1 Å². The third-order valence-corrected chi connectivity index (χ3v) is 3.93. The number of fused-ring (bicyclic) bond motifs is 1. The van der Waals surface area contributed by atoms with Crippen LogP contribution in [0.25, 0.3) is 0 Å². The van der Waals surface area contributed by atoms with Crippen molar-refractivity contribution in [1.82, 2.24) is 14.7 Å². The molecule has 3 rings (SSSR count). The second kappa shape index (κ2) is 5.36. The van der Waals surface area contributed by atoms with Gasteiger partial charge in [-0.25, -0.2) is 0 Å². The zero-order chi connectivity index (χ0) is 15.9. The number of aromatic nitrogens is 2. The molecule has 0 N–H and O–H groups in total. The molecule has 0 unspecified atom stereocenters. The average molecular weight is 301 g/mol. The van der Waals surface area contributed by atoms with Gasteiger partial charge in [0.15, 0.2) is 11.5 Å². The lowest BCUT2D eigenvalue weighted by Gasteiger charge is -2.17. The molecule has 1 aromatic carbocycles. The normalized spacial score (nSPS) is 12.5. The Morgan fingerprint density at radius 2 is 2.05 bits per heavy atom. The van der Waals surface area contributed by atoms with Gasteiger partial charge in [0, 0.05) is 26.3 Å². The molecule has 0 atom stereocenters. The zero-order valence-electron chi connectivity index (χ0n) is 13.2. The summed E-state index contributed by atoms with van der Waals surface area (Å²) in [4.78, 5) is 14.3. The summed E-state index contributed by atoms with van der Waals surface area (Å²) >= 11 is 0. The minimum absolute atomic E-state index is 0.0271. The number of carbonyl (C=O) groups excluding carboxylic acids is 1. The Hall–Kier alpha value is -2.50. The van der Waals surface area contributed by atoms with Crippen molar-refractivity contribution in [3.05, 3.63) is 40.7 Å². The van der Waals surface area contributed by atoms with E-state index in [-0.39, 0.29) is 12.7 Å². The van der Waals surface area contributed by atoms with Crippen molar-refractivity contribution in [2.45, 2.75) is 20.4 Å². The number of benzene rings is 1. The molecule has 1 aliphatic heterocycles. The summed E-state index contributed by atoms with van der Waals surface area (Å²) < 4.78 is 12.4. The van der Waals surface area contributed by atoms with E-state index in [1.807, 2.05) is 39.1 Å². The Labute approximate surface area is 129 Å². The van der Waals surface area contributed by atoms with Gasteiger partial charge in [0.2, 0.25) is 6.79 Å². The van der Waals surface area contributed by atoms with Crippen LogP contribution in [0.4, 0.5) is 0 Å². The lowest BCUT2D eigenvalue weighted by Crippen LogP contribution is -2.27. The number of amides is 1. The van der Waals surface area contributed by atoms with E-state index in [0.717, 1.165) is 28.5 Å². The van der Waals surface area contributed by atoms with Crippen LogP contribution >= 0.6 is 0 Å². The molecule has 0 spiro atoms. The van der Waals surface area contributed by atoms with Gasteiger partial charge in [0.25, 0.3) is 5.91 Å². The van der Waals surface area contributed by atoms with E-state index < -0.39 is 0 Å². The van der Waals surface area contributed by atoms with E-state index in [2.05, 4.69) is 5.10 Å². The van der Waals surface area contributed by atoms with Crippen LogP contribution in [-0.2, 0) is 13.6 Å². The van der Waals surface area contributed by atoms with Crippen molar-refractivity contribution in [2.24, 2.45) is 7.05 Å². The minimum Gasteiger partial charge on any atom is -0.454 e. The van der Waals surface area contributed by atoms with E-state index in [1.165, 1.54) is 0 Å². The fourth-order valence-electron chi connectivity index (χ4n) is 2.66. The number of hydrogen-bond acceptors (Lipinski definition) is 4. The van der Waals surface area contributed by atoms with Crippen molar-refractivity contribution < 1.29 is 14.3 Å². The van der Waals surface area contributed by atoms with Crippen molar-refractivity contribution in [1.29, 1.82) is 0 Å². The molecule has 0 fully saturated rings. The predicted octanol–water partition coefficient (Wildman–Crippen LogP) is 2.04. The lowest BCUT2D eigenvalue weighted by atomic mass is 10.1. The first-order valence-corrected chi connectivity index (χ1v) is 7.11. The number of carbonyl (C=O) groups is 1. The highest BCUT2D eigenvalue weighted by Crippen LogP contribution is 2.32. The van der Waals surface area contributed by atoms with Crippen LogP contribution in [0.1, 0.15) is 27.3 Å². The minimum atomic E-state index is -0.0271. The van der Waals surface area contributed by atoms with Crippen molar-refractivity contribution in [3.63, 3.8) is 0 Å². The van der Waals surface area contributed by atoms with Crippen LogP contribution in [0.15, 0.2) is 18.2 Å². The first-order chi connectivity index (χ1) is 10.5. The van der Waals surface area contributed by atoms with Gasteiger partial charge < -0.3 is 14.4 Å². The number of aryl methyl sites for hydroxylation is 2. The molecule has 0 saturated heterocycles. The third kappa shape index (κ3) is 2.41. The highest BCUT2D eigenvalue weighted by molar-refractivity contribution is 5.96. The topological polar surface area (TPSA) is 56.6 Å². The van der Waals surface area contributed by atoms with Crippen LogP contribution in [-0.4, -0.2) is 34.4 Å². The molecular formula is C16H19N3O3. The van der Waals surface area contributed by atoms with E-state index in [1.54, 1.807) is 16.6 Å². The van der Waals surface area contributed by atoms with Crippen molar-refractivity contribution >= 4 is 5.91 Å². The summed E-state index contributed by atoms with van der Waals surface area (Å²) in [7, 11) is 3.63. The molecule has 6 heteroatoms. The predicted molar refractivity (Wildman–Crippen MR) is 81.0 cm³/mol. The Morgan fingerprint density at radius 3 is 2.73 bits per heavy atom. The lowest BCUT2D eigenvalue weighted by molar-refractivity contribution is 0.0783. The Kier molecular flexibility index (Phi) is 3.52. The van der Waals surface area contributed by atoms with Gasteiger partial charge in [-0.3, -0.25) is 9.48 Å². The molecule has 0 saturated carbocycles. The van der Waals surface area contributed by atoms with E-state index >= 15 is 0 Å². The molecule has 0 radical (unpaired) electrons. The number of nitrogens with zero attached hydrogens (tertiary/aromatic N) is 3. The monoisotopic (exact) mass is 301 g/mol. The third-order valence-electron chi connectivity index (χ3n) is 3.93. The number of ether oxygens (including phenoxy) is 2. The quantitative estimate of drug-likeness (QED) is 0.870. The maximum Gasteiger partial charge on any atom is 0.257 e. The maximum atomic E-state index is 12.7. The van der Waals surface area contributed by atoms with Gasteiger partial charge in [-0.2, -0.15) is 5.10 Å². The summed E-state index contributed by atoms with van der Waals surface area (Å²) in [5.74, 6) is 1.45. The molecule has 0 aliphatic carbocycles. The largest absolute Gasteiger partial charge is 0.454 e. The fourth-order valence-corrected chi connectivity index (χ4v) is 2.66. The summed E-state index contributed by atoms with van der Waals surface area (Å²) in [5.41, 5.74) is 3.30. The molecule has 1 amide bonds. The summed E-state index contributed by atoms with van der Waals surface area (Å²) in [6, 6.07) is 5.73. The number of rotatable bonds is 3. The first-order valence-electron chi connectivity index (χ1n) is 7.11. The van der Waals surface area contributed by atoms with Gasteiger partial charge in [0.05, 0.1) is 11.3 Å². The Bertz CT molecular complexity index is 736. The Morgan fingerprint density at radius 1 is 1.32 bits per heavy atom. The molecular weight excluding hydrogens is 282 g/mol. The number of hydrogen-bond donors (Lipinski definition) is 0. The van der Waals surface area contributed by atoms with E-state index in [9.17, 15) is 4.79 Å². The van der Waals surface area contributed by atoms with E-state index in [4.69, 9.17) is 9.47 Å².